The first-order chi connectivity index (χ1) is 13.7. The van der Waals surface area contributed by atoms with E-state index in [4.69, 9.17) is 4.42 Å². The van der Waals surface area contributed by atoms with E-state index in [9.17, 15) is 4.79 Å². The van der Waals surface area contributed by atoms with Crippen molar-refractivity contribution in [1.29, 1.82) is 0 Å². The Morgan fingerprint density at radius 2 is 1.55 bits per heavy atom. The summed E-state index contributed by atoms with van der Waals surface area (Å²) in [4.78, 5) is 11.8. The van der Waals surface area contributed by atoms with Crippen LogP contribution in [0.4, 0.5) is 0 Å². The van der Waals surface area contributed by atoms with Gasteiger partial charge in [0.05, 0.1) is 0 Å². The van der Waals surface area contributed by atoms with Gasteiger partial charge in [-0.25, -0.2) is 16.9 Å². The standard InChI is InChI=1S/C21H15O2.C5H5.Fe/c1-14-11-20(22)23-21-18(14)12-17(15-7-5-6-8-15)13-19(21)16-9-3-2-4-10-16;1-2-4-5-3-1;/h2-13H,1H3;1-5H;/q2*-1;+2. The predicted octanol–water partition coefficient (Wildman–Crippen LogP) is 6.56. The quantitative estimate of drug-likeness (QED) is 0.184. The second kappa shape index (κ2) is 9.38. The van der Waals surface area contributed by atoms with Crippen LogP contribution in [0, 0.1) is 6.92 Å². The van der Waals surface area contributed by atoms with Crippen molar-refractivity contribution < 1.29 is 21.5 Å². The first-order valence-electron chi connectivity index (χ1n) is 9.25. The maximum absolute atomic E-state index is 11.8. The van der Waals surface area contributed by atoms with Gasteiger partial charge in [0.15, 0.2) is 0 Å². The first-order valence-corrected chi connectivity index (χ1v) is 9.25. The fourth-order valence-electron chi connectivity index (χ4n) is 3.30. The van der Waals surface area contributed by atoms with Gasteiger partial charge in [-0.05, 0) is 18.1 Å². The zero-order chi connectivity index (χ0) is 19.3. The maximum Gasteiger partial charge on any atom is 2.00 e. The number of rotatable bonds is 2. The van der Waals surface area contributed by atoms with E-state index in [1.165, 1.54) is 0 Å². The molecule has 1 aromatic heterocycles. The molecule has 0 bridgehead atoms. The Morgan fingerprint density at radius 1 is 0.793 bits per heavy atom. The van der Waals surface area contributed by atoms with E-state index < -0.39 is 0 Å². The molecule has 0 unspecified atom stereocenters. The largest absolute Gasteiger partial charge is 2.00 e. The van der Waals surface area contributed by atoms with Crippen LogP contribution in [0.5, 0.6) is 0 Å². The number of hydrogen-bond acceptors (Lipinski definition) is 2. The third kappa shape index (κ3) is 4.65. The van der Waals surface area contributed by atoms with E-state index in [1.807, 2.05) is 79.7 Å². The molecule has 4 aromatic carbocycles. The van der Waals surface area contributed by atoms with Crippen LogP contribution in [-0.4, -0.2) is 0 Å². The molecule has 0 fully saturated rings. The molecule has 0 saturated carbocycles. The molecule has 0 spiro atoms. The molecule has 1 heterocycles. The van der Waals surface area contributed by atoms with Crippen molar-refractivity contribution in [2.45, 2.75) is 6.92 Å². The number of hydrogen-bond donors (Lipinski definition) is 0. The SMILES string of the molecule is Cc1cc(=O)oc2c(-c3ccccc3)cc(-c3ccc[cH-]3)cc12.[Fe+2].c1cc[cH-]c1. The molecule has 0 amide bonds. The van der Waals surface area contributed by atoms with Crippen molar-refractivity contribution in [2.75, 3.05) is 0 Å². The van der Waals surface area contributed by atoms with Crippen LogP contribution in [0.3, 0.4) is 0 Å². The zero-order valence-corrected chi connectivity index (χ0v) is 17.1. The Labute approximate surface area is 180 Å². The van der Waals surface area contributed by atoms with Crippen LogP contribution in [0.25, 0.3) is 33.2 Å². The summed E-state index contributed by atoms with van der Waals surface area (Å²) in [7, 11) is 0. The smallest absolute Gasteiger partial charge is 0.422 e. The molecule has 3 heteroatoms. The van der Waals surface area contributed by atoms with Gasteiger partial charge in [-0.1, -0.05) is 48.0 Å². The van der Waals surface area contributed by atoms with Crippen molar-refractivity contribution in [3.63, 3.8) is 0 Å². The van der Waals surface area contributed by atoms with Crippen LogP contribution in [0.2, 0.25) is 0 Å². The van der Waals surface area contributed by atoms with Crippen LogP contribution in [-0.2, 0) is 17.1 Å². The van der Waals surface area contributed by atoms with Gasteiger partial charge in [-0.2, -0.15) is 42.0 Å². The predicted molar refractivity (Wildman–Crippen MR) is 116 cm³/mol. The molecule has 29 heavy (non-hydrogen) atoms. The normalized spacial score (nSPS) is 10.1. The van der Waals surface area contributed by atoms with Gasteiger partial charge in [-0.3, -0.25) is 0 Å². The third-order valence-corrected chi connectivity index (χ3v) is 4.69. The molecule has 0 aliphatic rings. The van der Waals surface area contributed by atoms with E-state index in [-0.39, 0.29) is 22.7 Å². The molecule has 0 aliphatic heterocycles. The minimum absolute atomic E-state index is 0. The van der Waals surface area contributed by atoms with Gasteiger partial charge in [-0.15, -0.1) is 6.07 Å². The number of aryl methyl sites for hydroxylation is 1. The van der Waals surface area contributed by atoms with Gasteiger partial charge in [0.25, 0.3) is 0 Å². The summed E-state index contributed by atoms with van der Waals surface area (Å²) in [6, 6.07) is 34.0. The first kappa shape index (κ1) is 20.6. The summed E-state index contributed by atoms with van der Waals surface area (Å²) >= 11 is 0. The minimum Gasteiger partial charge on any atom is -0.422 e. The van der Waals surface area contributed by atoms with E-state index in [1.54, 1.807) is 6.07 Å². The van der Waals surface area contributed by atoms with Crippen molar-refractivity contribution in [3.8, 4) is 22.3 Å². The molecule has 144 valence electrons. The summed E-state index contributed by atoms with van der Waals surface area (Å²) in [5.74, 6) is 0. The molecule has 0 atom stereocenters. The van der Waals surface area contributed by atoms with E-state index in [0.29, 0.717) is 5.58 Å². The van der Waals surface area contributed by atoms with Gasteiger partial charge in [0, 0.05) is 17.0 Å². The van der Waals surface area contributed by atoms with Gasteiger partial charge in [0.1, 0.15) is 5.58 Å². The molecule has 5 rings (SSSR count). The molecule has 2 nitrogen and oxygen atoms in total. The third-order valence-electron chi connectivity index (χ3n) is 4.69. The zero-order valence-electron chi connectivity index (χ0n) is 16.0. The Bertz CT molecular complexity index is 1200. The topological polar surface area (TPSA) is 30.2 Å². The summed E-state index contributed by atoms with van der Waals surface area (Å²) < 4.78 is 5.54. The molecule has 5 aromatic rings. The Balaban J connectivity index is 0.000000352. The van der Waals surface area contributed by atoms with Crippen LogP contribution < -0.4 is 5.63 Å². The van der Waals surface area contributed by atoms with Crippen molar-refractivity contribution in [1.82, 2.24) is 0 Å². The second-order valence-electron chi connectivity index (χ2n) is 6.65. The van der Waals surface area contributed by atoms with Crippen molar-refractivity contribution >= 4 is 11.0 Å². The second-order valence-corrected chi connectivity index (χ2v) is 6.65. The summed E-state index contributed by atoms with van der Waals surface area (Å²) in [5, 5.41) is 0.974. The average molecular weight is 420 g/mol. The van der Waals surface area contributed by atoms with Crippen LogP contribution in [0.15, 0.2) is 112 Å². The number of benzene rings is 2. The monoisotopic (exact) mass is 420 g/mol. The molecule has 0 saturated heterocycles. The maximum atomic E-state index is 11.8. The Kier molecular flexibility index (Phi) is 6.66. The summed E-state index contributed by atoms with van der Waals surface area (Å²) in [6.07, 6.45) is 0. The van der Waals surface area contributed by atoms with Crippen molar-refractivity contribution in [2.24, 2.45) is 0 Å². The molecular weight excluding hydrogens is 400 g/mol. The van der Waals surface area contributed by atoms with Gasteiger partial charge >= 0.3 is 22.7 Å². The Morgan fingerprint density at radius 3 is 2.17 bits per heavy atom. The fourth-order valence-corrected chi connectivity index (χ4v) is 3.30. The molecular formula is C26H20FeO2. The summed E-state index contributed by atoms with van der Waals surface area (Å²) in [6.45, 7) is 1.95. The van der Waals surface area contributed by atoms with Crippen LogP contribution in [0.1, 0.15) is 5.56 Å². The van der Waals surface area contributed by atoms with Gasteiger partial charge < -0.3 is 4.42 Å². The Hall–Kier alpha value is -3.13. The molecule has 0 N–H and O–H groups in total. The fraction of sp³-hybridized carbons (Fsp3) is 0.0385. The summed E-state index contributed by atoms with van der Waals surface area (Å²) in [5.41, 5.74) is 5.54. The van der Waals surface area contributed by atoms with Crippen molar-refractivity contribution in [3.05, 3.63) is 119 Å². The average Bonchev–Trinajstić information content (AvgIpc) is 3.44. The van der Waals surface area contributed by atoms with Gasteiger partial charge in [0.2, 0.25) is 0 Å². The molecule has 0 radical (unpaired) electrons. The van der Waals surface area contributed by atoms with Crippen LogP contribution >= 0.6 is 0 Å². The number of fused-ring (bicyclic) bond motifs is 1. The van der Waals surface area contributed by atoms with E-state index in [0.717, 1.165) is 33.2 Å². The minimum atomic E-state index is -0.312. The van der Waals surface area contributed by atoms with E-state index >= 15 is 0 Å². The van der Waals surface area contributed by atoms with E-state index in [2.05, 4.69) is 24.3 Å². The molecule has 0 aliphatic carbocycles.